The summed E-state index contributed by atoms with van der Waals surface area (Å²) in [5.41, 5.74) is 1.62. The summed E-state index contributed by atoms with van der Waals surface area (Å²) in [6.45, 7) is -0.166. The number of amides is 1. The van der Waals surface area contributed by atoms with E-state index in [-0.39, 0.29) is 29.7 Å². The molecule has 4 aromatic rings. The van der Waals surface area contributed by atoms with Crippen molar-refractivity contribution in [1.82, 2.24) is 4.98 Å². The number of nitrogens with one attached hydrogen (secondary N) is 1. The van der Waals surface area contributed by atoms with Gasteiger partial charge in [-0.1, -0.05) is 18.2 Å². The van der Waals surface area contributed by atoms with Gasteiger partial charge in [-0.05, 0) is 23.6 Å². The summed E-state index contributed by atoms with van der Waals surface area (Å²) < 4.78 is 21.6. The Morgan fingerprint density at radius 2 is 1.84 bits per heavy atom. The molecule has 0 aliphatic rings. The van der Waals surface area contributed by atoms with Gasteiger partial charge in [0.1, 0.15) is 5.52 Å². The molecule has 158 valence electrons. The van der Waals surface area contributed by atoms with Crippen LogP contribution < -0.4 is 14.8 Å². The number of ether oxygens (including phenoxy) is 3. The lowest BCUT2D eigenvalue weighted by atomic mass is 10.1. The maximum atomic E-state index is 12.9. The third-order valence-corrected chi connectivity index (χ3v) is 5.27. The first-order valence-corrected chi connectivity index (χ1v) is 10.1. The fourth-order valence-electron chi connectivity index (χ4n) is 2.93. The molecule has 0 atom stereocenters. The monoisotopic (exact) mass is 438 g/mol. The fraction of sp³-hybridized carbons (Fsp3) is 0.136. The molecule has 0 saturated heterocycles. The van der Waals surface area contributed by atoms with E-state index in [0.29, 0.717) is 27.5 Å². The average Bonchev–Trinajstić information content (AvgIpc) is 3.46. The van der Waals surface area contributed by atoms with E-state index in [1.165, 1.54) is 37.7 Å². The van der Waals surface area contributed by atoms with E-state index >= 15 is 0 Å². The number of esters is 1. The lowest BCUT2D eigenvalue weighted by Gasteiger charge is -2.14. The molecule has 8 nitrogen and oxygen atoms in total. The number of nitrogens with zero attached hydrogens (tertiary/aromatic N) is 1. The summed E-state index contributed by atoms with van der Waals surface area (Å²) in [6.07, 6.45) is 0. The highest BCUT2D eigenvalue weighted by Gasteiger charge is 2.21. The Kier molecular flexibility index (Phi) is 5.85. The van der Waals surface area contributed by atoms with Crippen LogP contribution in [0.5, 0.6) is 11.5 Å². The third-order valence-electron chi connectivity index (χ3n) is 4.40. The number of carbonyl (C=O) groups excluding carboxylic acids is 2. The third kappa shape index (κ3) is 4.36. The van der Waals surface area contributed by atoms with Gasteiger partial charge >= 0.3 is 5.97 Å². The molecule has 0 aliphatic heterocycles. The predicted octanol–water partition coefficient (Wildman–Crippen LogP) is 4.52. The van der Waals surface area contributed by atoms with E-state index in [1.807, 2.05) is 12.1 Å². The Bertz CT molecular complexity index is 1200. The van der Waals surface area contributed by atoms with Crippen LogP contribution >= 0.6 is 11.3 Å². The largest absolute Gasteiger partial charge is 0.493 e. The number of benzene rings is 2. The first-order chi connectivity index (χ1) is 15.1. The summed E-state index contributed by atoms with van der Waals surface area (Å²) in [5, 5.41) is 4.53. The standard InChI is InChI=1S/C22H18N2O6S/c1-27-17-10-13(15(11-18(17)28-2)24-21(25)19-8-5-9-31-19)22(26)29-12-20-23-14-6-3-4-7-16(14)30-20/h3-11H,12H2,1-2H3,(H,24,25). The molecular weight excluding hydrogens is 420 g/mol. The highest BCUT2D eigenvalue weighted by molar-refractivity contribution is 7.12. The van der Waals surface area contributed by atoms with Gasteiger partial charge in [-0.15, -0.1) is 11.3 Å². The molecule has 31 heavy (non-hydrogen) atoms. The van der Waals surface area contributed by atoms with Crippen molar-refractivity contribution >= 4 is 40.0 Å². The van der Waals surface area contributed by atoms with Crippen molar-refractivity contribution in [2.24, 2.45) is 0 Å². The molecule has 0 aliphatic carbocycles. The van der Waals surface area contributed by atoms with Crippen molar-refractivity contribution in [3.63, 3.8) is 0 Å². The molecule has 9 heteroatoms. The lowest BCUT2D eigenvalue weighted by Crippen LogP contribution is -2.15. The van der Waals surface area contributed by atoms with Crippen molar-refractivity contribution in [1.29, 1.82) is 0 Å². The van der Waals surface area contributed by atoms with Crippen LogP contribution in [0.1, 0.15) is 25.9 Å². The van der Waals surface area contributed by atoms with Crippen LogP contribution in [0.3, 0.4) is 0 Å². The van der Waals surface area contributed by atoms with Gasteiger partial charge in [0.15, 0.2) is 23.7 Å². The van der Waals surface area contributed by atoms with E-state index in [4.69, 9.17) is 18.6 Å². The number of anilines is 1. The maximum Gasteiger partial charge on any atom is 0.340 e. The second kappa shape index (κ2) is 8.88. The number of fused-ring (bicyclic) bond motifs is 1. The number of hydrogen-bond donors (Lipinski definition) is 1. The van der Waals surface area contributed by atoms with Gasteiger partial charge in [-0.2, -0.15) is 0 Å². The van der Waals surface area contributed by atoms with Gasteiger partial charge < -0.3 is 23.9 Å². The summed E-state index contributed by atoms with van der Waals surface area (Å²) in [5.74, 6) is -0.0796. The maximum absolute atomic E-state index is 12.9. The van der Waals surface area contributed by atoms with Crippen LogP contribution in [0, 0.1) is 0 Å². The second-order valence-electron chi connectivity index (χ2n) is 6.34. The number of hydrogen-bond acceptors (Lipinski definition) is 8. The van der Waals surface area contributed by atoms with Crippen molar-refractivity contribution in [3.8, 4) is 11.5 Å². The fourth-order valence-corrected chi connectivity index (χ4v) is 3.55. The van der Waals surface area contributed by atoms with Crippen LogP contribution in [-0.4, -0.2) is 31.1 Å². The molecule has 0 saturated carbocycles. The van der Waals surface area contributed by atoms with Crippen molar-refractivity contribution in [2.45, 2.75) is 6.61 Å². The summed E-state index contributed by atoms with van der Waals surface area (Å²) in [6, 6.07) is 13.7. The zero-order valence-electron chi connectivity index (χ0n) is 16.7. The van der Waals surface area contributed by atoms with E-state index < -0.39 is 5.97 Å². The first kappa shape index (κ1) is 20.4. The number of methoxy groups -OCH3 is 2. The van der Waals surface area contributed by atoms with Gasteiger partial charge in [0.2, 0.25) is 5.89 Å². The number of thiophene rings is 1. The molecule has 1 amide bonds. The minimum Gasteiger partial charge on any atom is -0.493 e. The molecule has 1 N–H and O–H groups in total. The van der Waals surface area contributed by atoms with Gasteiger partial charge in [0.05, 0.1) is 30.3 Å². The van der Waals surface area contributed by atoms with Crippen LogP contribution in [0.4, 0.5) is 5.69 Å². The Hall–Kier alpha value is -3.85. The molecule has 2 aromatic carbocycles. The average molecular weight is 438 g/mol. The molecule has 2 heterocycles. The number of oxazole rings is 1. The van der Waals surface area contributed by atoms with E-state index in [0.717, 1.165) is 0 Å². The molecule has 0 fully saturated rings. The van der Waals surface area contributed by atoms with Crippen molar-refractivity contribution < 1.29 is 28.2 Å². The highest BCUT2D eigenvalue weighted by atomic mass is 32.1. The van der Waals surface area contributed by atoms with Crippen molar-refractivity contribution in [2.75, 3.05) is 19.5 Å². The van der Waals surface area contributed by atoms with Crippen LogP contribution in [0.15, 0.2) is 58.3 Å². The topological polar surface area (TPSA) is 99.9 Å². The van der Waals surface area contributed by atoms with E-state index in [1.54, 1.807) is 29.6 Å². The quantitative estimate of drug-likeness (QED) is 0.424. The molecule has 0 unspecified atom stereocenters. The van der Waals surface area contributed by atoms with Crippen LogP contribution in [-0.2, 0) is 11.3 Å². The lowest BCUT2D eigenvalue weighted by molar-refractivity contribution is 0.0441. The van der Waals surface area contributed by atoms with Crippen LogP contribution in [0.2, 0.25) is 0 Å². The SMILES string of the molecule is COc1cc(NC(=O)c2cccs2)c(C(=O)OCc2nc3ccccc3o2)cc1OC. The van der Waals surface area contributed by atoms with Gasteiger partial charge in [-0.3, -0.25) is 4.79 Å². The van der Waals surface area contributed by atoms with Crippen LogP contribution in [0.25, 0.3) is 11.1 Å². The number of aromatic nitrogens is 1. The minimum absolute atomic E-state index is 0.110. The predicted molar refractivity (Wildman–Crippen MR) is 115 cm³/mol. The summed E-state index contributed by atoms with van der Waals surface area (Å²) in [7, 11) is 2.92. The summed E-state index contributed by atoms with van der Waals surface area (Å²) >= 11 is 1.29. The highest BCUT2D eigenvalue weighted by Crippen LogP contribution is 2.34. The van der Waals surface area contributed by atoms with Crippen molar-refractivity contribution in [3.05, 3.63) is 70.2 Å². The number of rotatable bonds is 7. The number of carbonyl (C=O) groups is 2. The smallest absolute Gasteiger partial charge is 0.340 e. The minimum atomic E-state index is -0.676. The zero-order chi connectivity index (χ0) is 21.8. The molecule has 0 radical (unpaired) electrons. The number of para-hydroxylation sites is 2. The summed E-state index contributed by atoms with van der Waals surface area (Å²) in [4.78, 5) is 30.2. The Balaban J connectivity index is 1.59. The van der Waals surface area contributed by atoms with E-state index in [2.05, 4.69) is 10.3 Å². The molecule has 0 bridgehead atoms. The molecule has 2 aromatic heterocycles. The normalized spacial score (nSPS) is 10.6. The second-order valence-corrected chi connectivity index (χ2v) is 7.28. The molecular formula is C22H18N2O6S. The Morgan fingerprint density at radius 3 is 2.55 bits per heavy atom. The van der Waals surface area contributed by atoms with E-state index in [9.17, 15) is 9.59 Å². The van der Waals surface area contributed by atoms with Gasteiger partial charge in [-0.25, -0.2) is 9.78 Å². The Morgan fingerprint density at radius 1 is 1.06 bits per heavy atom. The molecule has 4 rings (SSSR count). The first-order valence-electron chi connectivity index (χ1n) is 9.21. The zero-order valence-corrected chi connectivity index (χ0v) is 17.5. The van der Waals surface area contributed by atoms with Gasteiger partial charge in [0, 0.05) is 12.1 Å². The molecule has 0 spiro atoms. The Labute approximate surface area is 181 Å². The van der Waals surface area contributed by atoms with Gasteiger partial charge in [0.25, 0.3) is 5.91 Å².